The molecule has 36 heteroatoms. The lowest BCUT2D eigenvalue weighted by Gasteiger charge is -2.31. The summed E-state index contributed by atoms with van der Waals surface area (Å²) in [6.07, 6.45) is 4.10. The number of carbonyl (C=O) groups excluding carboxylic acids is 15. The van der Waals surface area contributed by atoms with Crippen molar-refractivity contribution >= 4 is 94.6 Å². The predicted molar refractivity (Wildman–Crippen MR) is 390 cm³/mol. The number of amides is 15. The van der Waals surface area contributed by atoms with Gasteiger partial charge in [-0.2, -0.15) is 0 Å². The fourth-order valence-electron chi connectivity index (χ4n) is 11.6. The SMILES string of the molecule is CCCCC(NC(=O)[C@H](CCCCN)NC(=O)C(CCCC)NC(=O)[C@H](CO)NC(=O)[C@@H](NC(=O)[C@H](CCC(=O)O)NC(=O)[C@@H](NC(=O)[C@H](CO)NC(=O)[C@H](CCC(N)=O)NC(=O)[C@@H](NC(=O)[C@@H](NC(=O)[C@H](CCCCN)NC(=O)[C@@H]1CCCN1C(C)=O)[C@@H](C)CC)[C@@H](C)CC)C(C)C)[C@@H](C)CC)C(N)=O. The highest BCUT2D eigenvalue weighted by Gasteiger charge is 2.41. The fourth-order valence-corrected chi connectivity index (χ4v) is 11.6. The standard InChI is InChI=1S/C70H125N17O19/c1-12-17-24-43(58(74)94)75-59(95)45(26-19-21-33-71)76-60(96)44(25-18-13-2)77-64(100)49(36-88)82-69(105)55(39(8)14-3)84-63(99)48(30-32-53(92)93)79-67(103)54(38(6)7)83-65(101)50(37-89)81-61(97)47(29-31-52(73)91)80-68(104)56(40(9)15-4)86-70(106)57(41(10)16-5)85-62(98)46(27-20-22-34-72)78-66(102)51-28-23-35-87(51)42(11)90/h38-41,43-51,54-57,88-89H,12-37,71-72H2,1-11H3,(H2,73,91)(H2,74,94)(H,75,95)(H,76,96)(H,77,100)(H,78,102)(H,79,103)(H,80,104)(H,81,97)(H,82,105)(H,83,101)(H,84,99)(H,85,98)(H,86,106)(H,92,93)/t39-,40-,41-,43?,44?,45-,46-,47-,48-,49-,50-,51-,54-,55-,56-,57-/m0/s1. The molecule has 23 N–H and O–H groups in total. The number of carboxylic acids is 1. The normalized spacial score (nSPS) is 16.9. The van der Waals surface area contributed by atoms with E-state index in [1.54, 1.807) is 41.5 Å². The van der Waals surface area contributed by atoms with Gasteiger partial charge in [0, 0.05) is 26.3 Å². The first-order valence-electron chi connectivity index (χ1n) is 37.4. The highest BCUT2D eigenvalue weighted by molar-refractivity contribution is 6.00. The van der Waals surface area contributed by atoms with Gasteiger partial charge in [-0.15, -0.1) is 0 Å². The fraction of sp³-hybridized carbons (Fsp3) is 0.771. The molecular formula is C70H125N17O19. The van der Waals surface area contributed by atoms with Gasteiger partial charge in [0.25, 0.3) is 0 Å². The van der Waals surface area contributed by atoms with E-state index in [9.17, 15) is 92.0 Å². The molecule has 0 aliphatic carbocycles. The van der Waals surface area contributed by atoms with Crippen LogP contribution < -0.4 is 86.7 Å². The summed E-state index contributed by atoms with van der Waals surface area (Å²) < 4.78 is 0. The Kier molecular flexibility index (Phi) is 45.7. The summed E-state index contributed by atoms with van der Waals surface area (Å²) in [7, 11) is 0. The second kappa shape index (κ2) is 50.8. The van der Waals surface area contributed by atoms with Gasteiger partial charge in [0.2, 0.25) is 88.6 Å². The minimum atomic E-state index is -1.89. The molecule has 2 unspecified atom stereocenters. The summed E-state index contributed by atoms with van der Waals surface area (Å²) >= 11 is 0. The highest BCUT2D eigenvalue weighted by Crippen LogP contribution is 2.20. The van der Waals surface area contributed by atoms with Crippen LogP contribution in [0.4, 0.5) is 0 Å². The highest BCUT2D eigenvalue weighted by atomic mass is 16.4. The van der Waals surface area contributed by atoms with Crippen molar-refractivity contribution in [2.75, 3.05) is 32.8 Å². The van der Waals surface area contributed by atoms with E-state index < -0.39 is 230 Å². The lowest BCUT2D eigenvalue weighted by Crippen LogP contribution is -2.63. The maximum Gasteiger partial charge on any atom is 0.303 e. The van der Waals surface area contributed by atoms with Crippen LogP contribution in [-0.4, -0.2) is 226 Å². The van der Waals surface area contributed by atoms with Crippen LogP contribution in [0.25, 0.3) is 0 Å². The molecule has 604 valence electrons. The Bertz CT molecular complexity index is 2910. The van der Waals surface area contributed by atoms with Crippen LogP contribution in [0, 0.1) is 23.7 Å². The maximum atomic E-state index is 14.4. The number of carboxylic acid groups (broad SMARTS) is 1. The van der Waals surface area contributed by atoms with Crippen LogP contribution in [0.15, 0.2) is 0 Å². The number of aliphatic carboxylic acids is 1. The Morgan fingerprint density at radius 3 is 1.08 bits per heavy atom. The maximum absolute atomic E-state index is 14.4. The molecular weight excluding hydrogens is 1380 g/mol. The molecule has 0 aromatic carbocycles. The van der Waals surface area contributed by atoms with Crippen molar-refractivity contribution in [3.8, 4) is 0 Å². The van der Waals surface area contributed by atoms with Crippen molar-refractivity contribution in [2.45, 2.75) is 290 Å². The summed E-state index contributed by atoms with van der Waals surface area (Å²) in [5, 5.41) is 61.4. The topological polar surface area (TPSA) is 585 Å². The molecule has 16 atom stereocenters. The van der Waals surface area contributed by atoms with Crippen LogP contribution in [0.2, 0.25) is 0 Å². The Morgan fingerprint density at radius 1 is 0.396 bits per heavy atom. The lowest BCUT2D eigenvalue weighted by molar-refractivity contribution is -0.139. The van der Waals surface area contributed by atoms with E-state index in [4.69, 9.17) is 22.9 Å². The van der Waals surface area contributed by atoms with Gasteiger partial charge >= 0.3 is 5.97 Å². The summed E-state index contributed by atoms with van der Waals surface area (Å²) in [5.41, 5.74) is 22.5. The van der Waals surface area contributed by atoms with Gasteiger partial charge in [0.05, 0.1) is 13.2 Å². The molecule has 0 aromatic heterocycles. The number of nitrogens with zero attached hydrogens (tertiary/aromatic N) is 1. The molecule has 36 nitrogen and oxygen atoms in total. The molecule has 0 aromatic rings. The third-order valence-electron chi connectivity index (χ3n) is 19.0. The number of hydrogen-bond donors (Lipinski definition) is 19. The van der Waals surface area contributed by atoms with Crippen molar-refractivity contribution in [1.29, 1.82) is 0 Å². The van der Waals surface area contributed by atoms with Crippen LogP contribution in [0.3, 0.4) is 0 Å². The van der Waals surface area contributed by atoms with Crippen molar-refractivity contribution in [3.63, 3.8) is 0 Å². The van der Waals surface area contributed by atoms with Gasteiger partial charge in [0.15, 0.2) is 0 Å². The number of nitrogens with one attached hydrogen (secondary N) is 12. The van der Waals surface area contributed by atoms with E-state index in [2.05, 4.69) is 63.8 Å². The minimum absolute atomic E-state index is 0.0431. The molecule has 1 saturated heterocycles. The van der Waals surface area contributed by atoms with Crippen LogP contribution >= 0.6 is 0 Å². The largest absolute Gasteiger partial charge is 0.481 e. The summed E-state index contributed by atoms with van der Waals surface area (Å²) in [5.74, 6) is -17.3. The summed E-state index contributed by atoms with van der Waals surface area (Å²) in [6, 6.07) is -18.4. The van der Waals surface area contributed by atoms with Crippen LogP contribution in [-0.2, 0) is 76.7 Å². The molecule has 1 aliphatic rings. The zero-order valence-electron chi connectivity index (χ0n) is 63.8. The van der Waals surface area contributed by atoms with E-state index >= 15 is 0 Å². The van der Waals surface area contributed by atoms with E-state index in [0.717, 1.165) is 0 Å². The van der Waals surface area contributed by atoms with Crippen LogP contribution in [0.1, 0.15) is 211 Å². The van der Waals surface area contributed by atoms with E-state index in [0.29, 0.717) is 83.7 Å². The van der Waals surface area contributed by atoms with Gasteiger partial charge in [-0.3, -0.25) is 76.7 Å². The van der Waals surface area contributed by atoms with Crippen molar-refractivity contribution in [1.82, 2.24) is 68.7 Å². The number of rotatable bonds is 54. The molecule has 1 rings (SSSR count). The smallest absolute Gasteiger partial charge is 0.303 e. The van der Waals surface area contributed by atoms with Gasteiger partial charge in [-0.05, 0) is 114 Å². The molecule has 1 heterocycles. The zero-order valence-corrected chi connectivity index (χ0v) is 63.8. The quantitative estimate of drug-likeness (QED) is 0.0267. The number of unbranched alkanes of at least 4 members (excludes halogenated alkanes) is 4. The average Bonchev–Trinajstić information content (AvgIpc) is 1.64. The number of aliphatic hydroxyl groups is 2. The first kappa shape index (κ1) is 95.4. The summed E-state index contributed by atoms with van der Waals surface area (Å²) in [4.78, 5) is 219. The monoisotopic (exact) mass is 1510 g/mol. The molecule has 106 heavy (non-hydrogen) atoms. The first-order chi connectivity index (χ1) is 50.1. The summed E-state index contributed by atoms with van der Waals surface area (Å²) in [6.45, 7) is 16.8. The predicted octanol–water partition coefficient (Wildman–Crippen LogP) is -3.15. The van der Waals surface area contributed by atoms with Crippen LogP contribution in [0.5, 0.6) is 0 Å². The molecule has 1 fully saturated rings. The van der Waals surface area contributed by atoms with E-state index in [-0.39, 0.29) is 51.0 Å². The Labute approximate surface area is 622 Å². The van der Waals surface area contributed by atoms with Crippen molar-refractivity contribution in [2.24, 2.45) is 46.6 Å². The van der Waals surface area contributed by atoms with Gasteiger partial charge in [0.1, 0.15) is 78.5 Å². The molecule has 0 bridgehead atoms. The number of hydrogen-bond acceptors (Lipinski definition) is 20. The molecule has 1 aliphatic heterocycles. The van der Waals surface area contributed by atoms with Gasteiger partial charge in [-0.1, -0.05) is 114 Å². The average molecular weight is 1510 g/mol. The van der Waals surface area contributed by atoms with Crippen molar-refractivity contribution in [3.05, 3.63) is 0 Å². The van der Waals surface area contributed by atoms with E-state index in [1.165, 1.54) is 25.7 Å². The Hall–Kier alpha value is -8.64. The van der Waals surface area contributed by atoms with E-state index in [1.807, 2.05) is 13.8 Å². The second-order valence-electron chi connectivity index (χ2n) is 27.8. The third-order valence-corrected chi connectivity index (χ3v) is 19.0. The third kappa shape index (κ3) is 33.4. The zero-order chi connectivity index (χ0) is 80.5. The second-order valence-corrected chi connectivity index (χ2v) is 27.8. The number of primary amides is 2. The van der Waals surface area contributed by atoms with Crippen molar-refractivity contribution < 1.29 is 92.0 Å². The number of likely N-dealkylation sites (tertiary alicyclic amines) is 1. The molecule has 0 saturated carbocycles. The first-order valence-corrected chi connectivity index (χ1v) is 37.4. The van der Waals surface area contributed by atoms with Gasteiger partial charge < -0.3 is 107 Å². The molecule has 0 spiro atoms. The number of carbonyl (C=O) groups is 16. The minimum Gasteiger partial charge on any atom is -0.481 e. The Balaban J connectivity index is 3.53. The molecule has 0 radical (unpaired) electrons. The number of nitrogens with two attached hydrogens (primary N) is 4. The molecule has 15 amide bonds. The lowest BCUT2D eigenvalue weighted by atomic mass is 9.94. The Morgan fingerprint density at radius 2 is 0.708 bits per heavy atom. The number of aliphatic hydroxyl groups excluding tert-OH is 2. The van der Waals surface area contributed by atoms with Gasteiger partial charge in [-0.25, -0.2) is 0 Å².